The van der Waals surface area contributed by atoms with Crippen molar-refractivity contribution in [2.45, 2.75) is 25.8 Å². The van der Waals surface area contributed by atoms with E-state index in [1.807, 2.05) is 13.0 Å². The van der Waals surface area contributed by atoms with Crippen LogP contribution in [-0.2, 0) is 4.74 Å². The molecule has 1 aliphatic heterocycles. The molecule has 3 rings (SSSR count). The van der Waals surface area contributed by atoms with Gasteiger partial charge in [-0.15, -0.1) is 0 Å². The third-order valence-corrected chi connectivity index (χ3v) is 4.06. The molecule has 1 saturated heterocycles. The Bertz CT molecular complexity index is 739. The highest BCUT2D eigenvalue weighted by Gasteiger charge is 2.32. The van der Waals surface area contributed by atoms with E-state index in [0.717, 1.165) is 24.3 Å². The van der Waals surface area contributed by atoms with Crippen LogP contribution in [0.25, 0.3) is 0 Å². The van der Waals surface area contributed by atoms with E-state index in [1.54, 1.807) is 29.2 Å². The van der Waals surface area contributed by atoms with Crippen molar-refractivity contribution in [2.75, 3.05) is 19.0 Å². The molecule has 0 bridgehead atoms. The molecule has 2 amide bonds. The first kappa shape index (κ1) is 16.0. The molecule has 1 unspecified atom stereocenters. The lowest BCUT2D eigenvalue weighted by Gasteiger charge is -2.23. The molecule has 7 heteroatoms. The molecule has 126 valence electrons. The smallest absolute Gasteiger partial charge is 0.337 e. The number of hydrogen-bond donors (Lipinski definition) is 1. The Morgan fingerprint density at radius 2 is 2.08 bits per heavy atom. The number of methoxy groups -OCH3 is 1. The van der Waals surface area contributed by atoms with Gasteiger partial charge in [-0.1, -0.05) is 5.16 Å². The van der Waals surface area contributed by atoms with Crippen LogP contribution in [0.5, 0.6) is 0 Å². The van der Waals surface area contributed by atoms with Crippen molar-refractivity contribution in [3.63, 3.8) is 0 Å². The number of aryl methyl sites for hydroxylation is 1. The van der Waals surface area contributed by atoms with Crippen LogP contribution in [0.3, 0.4) is 0 Å². The van der Waals surface area contributed by atoms with Gasteiger partial charge in [-0.05, 0) is 44.0 Å². The molecule has 1 N–H and O–H groups in total. The number of hydrogen-bond acceptors (Lipinski definition) is 5. The summed E-state index contributed by atoms with van der Waals surface area (Å²) in [4.78, 5) is 25.7. The predicted molar refractivity (Wildman–Crippen MR) is 86.7 cm³/mol. The van der Waals surface area contributed by atoms with Gasteiger partial charge < -0.3 is 19.5 Å². The summed E-state index contributed by atoms with van der Waals surface area (Å²) in [6, 6.07) is 8.18. The fraction of sp³-hybridized carbons (Fsp3) is 0.353. The first-order valence-electron chi connectivity index (χ1n) is 7.77. The van der Waals surface area contributed by atoms with Gasteiger partial charge >= 0.3 is 12.0 Å². The second-order valence-electron chi connectivity index (χ2n) is 5.71. The van der Waals surface area contributed by atoms with Crippen LogP contribution in [0.2, 0.25) is 0 Å². The molecule has 0 saturated carbocycles. The summed E-state index contributed by atoms with van der Waals surface area (Å²) in [7, 11) is 1.33. The highest BCUT2D eigenvalue weighted by Crippen LogP contribution is 2.32. The normalized spacial score (nSPS) is 16.9. The molecule has 2 aromatic rings. The molecular weight excluding hydrogens is 310 g/mol. The maximum absolute atomic E-state index is 12.5. The SMILES string of the molecule is COC(=O)c1ccc(NC(=O)N2CCCC2c2cc(C)on2)cc1. The predicted octanol–water partition coefficient (Wildman–Crippen LogP) is 3.14. The number of ether oxygens (including phenoxy) is 1. The molecule has 0 radical (unpaired) electrons. The van der Waals surface area contributed by atoms with Crippen molar-refractivity contribution >= 4 is 17.7 Å². The minimum atomic E-state index is -0.408. The molecule has 1 fully saturated rings. The summed E-state index contributed by atoms with van der Waals surface area (Å²) in [5, 5.41) is 6.88. The van der Waals surface area contributed by atoms with Gasteiger partial charge in [-0.3, -0.25) is 0 Å². The van der Waals surface area contributed by atoms with E-state index in [1.165, 1.54) is 7.11 Å². The highest BCUT2D eigenvalue weighted by atomic mass is 16.5. The standard InChI is InChI=1S/C17H19N3O4/c1-11-10-14(19-24-11)15-4-3-9-20(15)17(22)18-13-7-5-12(6-8-13)16(21)23-2/h5-8,10,15H,3-4,9H2,1-2H3,(H,18,22). The van der Waals surface area contributed by atoms with Crippen LogP contribution in [0.4, 0.5) is 10.5 Å². The Hall–Kier alpha value is -2.83. The van der Waals surface area contributed by atoms with Gasteiger partial charge in [0, 0.05) is 18.3 Å². The minimum absolute atomic E-state index is 0.0724. The zero-order valence-electron chi connectivity index (χ0n) is 13.6. The number of likely N-dealkylation sites (tertiary alicyclic amines) is 1. The van der Waals surface area contributed by atoms with E-state index in [-0.39, 0.29) is 12.1 Å². The summed E-state index contributed by atoms with van der Waals surface area (Å²) in [5.74, 6) is 0.324. The maximum atomic E-state index is 12.5. The van der Waals surface area contributed by atoms with Crippen LogP contribution in [-0.4, -0.2) is 35.7 Å². The Morgan fingerprint density at radius 1 is 1.33 bits per heavy atom. The molecular formula is C17H19N3O4. The van der Waals surface area contributed by atoms with E-state index in [4.69, 9.17) is 4.52 Å². The number of anilines is 1. The zero-order valence-corrected chi connectivity index (χ0v) is 13.6. The Morgan fingerprint density at radius 3 is 2.71 bits per heavy atom. The van der Waals surface area contributed by atoms with Crippen molar-refractivity contribution in [2.24, 2.45) is 0 Å². The maximum Gasteiger partial charge on any atom is 0.337 e. The molecule has 1 aromatic heterocycles. The number of nitrogens with one attached hydrogen (secondary N) is 1. The number of carbonyl (C=O) groups is 2. The van der Waals surface area contributed by atoms with Crippen molar-refractivity contribution < 1.29 is 18.8 Å². The average molecular weight is 329 g/mol. The second-order valence-corrected chi connectivity index (χ2v) is 5.71. The minimum Gasteiger partial charge on any atom is -0.465 e. The van der Waals surface area contributed by atoms with Crippen molar-refractivity contribution in [3.05, 3.63) is 47.3 Å². The lowest BCUT2D eigenvalue weighted by Crippen LogP contribution is -2.34. The van der Waals surface area contributed by atoms with Crippen LogP contribution >= 0.6 is 0 Å². The van der Waals surface area contributed by atoms with E-state index < -0.39 is 5.97 Å². The summed E-state index contributed by atoms with van der Waals surface area (Å²) in [6.07, 6.45) is 1.78. The topological polar surface area (TPSA) is 84.7 Å². The number of aromatic nitrogens is 1. The number of carbonyl (C=O) groups excluding carboxylic acids is 2. The molecule has 1 aromatic carbocycles. The fourth-order valence-corrected chi connectivity index (χ4v) is 2.86. The number of urea groups is 1. The van der Waals surface area contributed by atoms with Crippen LogP contribution in [0, 0.1) is 6.92 Å². The van der Waals surface area contributed by atoms with E-state index in [2.05, 4.69) is 15.2 Å². The van der Waals surface area contributed by atoms with Gasteiger partial charge in [0.1, 0.15) is 11.5 Å². The first-order chi connectivity index (χ1) is 11.6. The molecule has 1 aliphatic rings. The third kappa shape index (κ3) is 3.24. The first-order valence-corrected chi connectivity index (χ1v) is 7.77. The Kier molecular flexibility index (Phi) is 4.50. The van der Waals surface area contributed by atoms with E-state index in [0.29, 0.717) is 17.8 Å². The van der Waals surface area contributed by atoms with Crippen molar-refractivity contribution in [1.82, 2.24) is 10.1 Å². The number of amides is 2. The summed E-state index contributed by atoms with van der Waals surface area (Å²) in [6.45, 7) is 2.50. The molecule has 0 aliphatic carbocycles. The van der Waals surface area contributed by atoms with Gasteiger partial charge in [0.2, 0.25) is 0 Å². The van der Waals surface area contributed by atoms with Gasteiger partial charge in [0.15, 0.2) is 0 Å². The van der Waals surface area contributed by atoms with Crippen LogP contribution in [0.1, 0.15) is 40.7 Å². The largest absolute Gasteiger partial charge is 0.465 e. The second kappa shape index (κ2) is 6.74. The average Bonchev–Trinajstić information content (AvgIpc) is 3.23. The zero-order chi connectivity index (χ0) is 17.1. The number of nitrogens with zero attached hydrogens (tertiary/aromatic N) is 2. The lowest BCUT2D eigenvalue weighted by atomic mass is 10.1. The van der Waals surface area contributed by atoms with Gasteiger partial charge in [-0.25, -0.2) is 9.59 Å². The quantitative estimate of drug-likeness (QED) is 0.875. The molecule has 2 heterocycles. The molecule has 7 nitrogen and oxygen atoms in total. The van der Waals surface area contributed by atoms with Crippen molar-refractivity contribution in [3.8, 4) is 0 Å². The molecule has 1 atom stereocenters. The third-order valence-electron chi connectivity index (χ3n) is 4.06. The van der Waals surface area contributed by atoms with Crippen molar-refractivity contribution in [1.29, 1.82) is 0 Å². The summed E-state index contributed by atoms with van der Waals surface area (Å²) < 4.78 is 9.77. The van der Waals surface area contributed by atoms with Gasteiger partial charge in [0.25, 0.3) is 0 Å². The van der Waals surface area contributed by atoms with E-state index in [9.17, 15) is 9.59 Å². The summed E-state index contributed by atoms with van der Waals surface area (Å²) >= 11 is 0. The number of esters is 1. The van der Waals surface area contributed by atoms with Crippen LogP contribution in [0.15, 0.2) is 34.9 Å². The van der Waals surface area contributed by atoms with Crippen LogP contribution < -0.4 is 5.32 Å². The Balaban J connectivity index is 1.68. The highest BCUT2D eigenvalue weighted by molar-refractivity contribution is 5.92. The Labute approximate surface area is 139 Å². The monoisotopic (exact) mass is 329 g/mol. The van der Waals surface area contributed by atoms with Gasteiger partial charge in [0.05, 0.1) is 18.7 Å². The lowest BCUT2D eigenvalue weighted by molar-refractivity contribution is 0.0600. The van der Waals surface area contributed by atoms with E-state index >= 15 is 0 Å². The number of benzene rings is 1. The number of rotatable bonds is 3. The summed E-state index contributed by atoms with van der Waals surface area (Å²) in [5.41, 5.74) is 1.84. The fourth-order valence-electron chi connectivity index (χ4n) is 2.86. The molecule has 24 heavy (non-hydrogen) atoms. The molecule has 0 spiro atoms. The van der Waals surface area contributed by atoms with Gasteiger partial charge in [-0.2, -0.15) is 0 Å².